The molecule has 0 aliphatic heterocycles. The Kier molecular flexibility index (Phi) is 6.16. The maximum Gasteiger partial charge on any atom is 0.108 e. The number of aliphatic imine (C=N–C) groups is 1. The van der Waals surface area contributed by atoms with Crippen LogP contribution in [0.3, 0.4) is 0 Å². The Balaban J connectivity index is 2.25. The molecule has 0 saturated carbocycles. The summed E-state index contributed by atoms with van der Waals surface area (Å²) in [7, 11) is 0. The van der Waals surface area contributed by atoms with Gasteiger partial charge < -0.3 is 9.59 Å². The third-order valence-electron chi connectivity index (χ3n) is 4.85. The summed E-state index contributed by atoms with van der Waals surface area (Å²) in [4.78, 5) is 4.43. The van der Waals surface area contributed by atoms with E-state index in [0.29, 0.717) is 6.54 Å². The van der Waals surface area contributed by atoms with Crippen LogP contribution in [0.25, 0.3) is 0 Å². The van der Waals surface area contributed by atoms with Crippen LogP contribution in [0.4, 0.5) is 5.69 Å². The zero-order valence-corrected chi connectivity index (χ0v) is 15.2. The van der Waals surface area contributed by atoms with Crippen LogP contribution in [0.5, 0.6) is 0 Å². The Hall–Kier alpha value is -2.13. The summed E-state index contributed by atoms with van der Waals surface area (Å²) in [6.45, 7) is 11.4. The molecule has 2 aromatic carbocycles. The highest BCUT2D eigenvalue weighted by Crippen LogP contribution is 2.23. The van der Waals surface area contributed by atoms with Crippen molar-refractivity contribution in [3.8, 4) is 0 Å². The van der Waals surface area contributed by atoms with E-state index in [0.717, 1.165) is 40.9 Å². The Morgan fingerprint density at radius 3 is 2.04 bits per heavy atom. The molecule has 0 bridgehead atoms. The molecule has 0 heterocycles. The quantitative estimate of drug-likeness (QED) is 0.434. The molecule has 2 aromatic rings. The fourth-order valence-corrected chi connectivity index (χ4v) is 3.13. The van der Waals surface area contributed by atoms with Crippen LogP contribution < -0.4 is 5.11 Å². The molecule has 3 heteroatoms. The topological polar surface area (TPSA) is 35.4 Å². The van der Waals surface area contributed by atoms with Gasteiger partial charge >= 0.3 is 0 Å². The molecule has 0 atom stereocenters. The van der Waals surface area contributed by atoms with Crippen LogP contribution in [0.2, 0.25) is 0 Å². The molecule has 128 valence electrons. The first-order valence-electron chi connectivity index (χ1n) is 8.69. The monoisotopic (exact) mass is 324 g/mol. The summed E-state index contributed by atoms with van der Waals surface area (Å²) in [5.41, 5.74) is 4.20. The number of hydrogen-bond acceptors (Lipinski definition) is 2. The van der Waals surface area contributed by atoms with E-state index < -0.39 is 0 Å². The van der Waals surface area contributed by atoms with Crippen molar-refractivity contribution in [2.75, 3.05) is 19.6 Å². The van der Waals surface area contributed by atoms with Gasteiger partial charge in [0.15, 0.2) is 0 Å². The Morgan fingerprint density at radius 2 is 1.50 bits per heavy atom. The second-order valence-corrected chi connectivity index (χ2v) is 6.52. The molecule has 0 aliphatic rings. The summed E-state index contributed by atoms with van der Waals surface area (Å²) in [5, 5.41) is 12.7. The number of quaternary nitrogens is 1. The number of benzene rings is 2. The minimum Gasteiger partial charge on any atom is -0.858 e. The van der Waals surface area contributed by atoms with Crippen molar-refractivity contribution in [1.29, 1.82) is 0 Å². The average molecular weight is 324 g/mol. The molecule has 0 spiro atoms. The Labute approximate surface area is 145 Å². The van der Waals surface area contributed by atoms with Crippen molar-refractivity contribution >= 4 is 11.6 Å². The highest BCUT2D eigenvalue weighted by atomic mass is 16.3. The summed E-state index contributed by atoms with van der Waals surface area (Å²) in [6, 6.07) is 16.4. The maximum absolute atomic E-state index is 12.7. The predicted octanol–water partition coefficient (Wildman–Crippen LogP) is 3.75. The van der Waals surface area contributed by atoms with E-state index >= 15 is 0 Å². The lowest BCUT2D eigenvalue weighted by atomic mass is 10.1. The van der Waals surface area contributed by atoms with E-state index in [-0.39, 0.29) is 5.90 Å². The summed E-state index contributed by atoms with van der Waals surface area (Å²) >= 11 is 0. The van der Waals surface area contributed by atoms with Gasteiger partial charge in [0, 0.05) is 11.5 Å². The molecular formula is C21H28N2O. The first kappa shape index (κ1) is 18.2. The summed E-state index contributed by atoms with van der Waals surface area (Å²) in [5.74, 6) is -0.0352. The van der Waals surface area contributed by atoms with Crippen molar-refractivity contribution < 1.29 is 9.59 Å². The third kappa shape index (κ3) is 4.45. The third-order valence-corrected chi connectivity index (χ3v) is 4.85. The van der Waals surface area contributed by atoms with Gasteiger partial charge in [-0.15, -0.1) is 0 Å². The lowest BCUT2D eigenvalue weighted by molar-refractivity contribution is -0.931. The van der Waals surface area contributed by atoms with Crippen LogP contribution in [-0.2, 0) is 6.54 Å². The zero-order chi connectivity index (χ0) is 17.6. The van der Waals surface area contributed by atoms with Gasteiger partial charge in [0.2, 0.25) is 0 Å². The molecule has 2 rings (SSSR count). The molecule has 0 radical (unpaired) electrons. The molecule has 0 aliphatic carbocycles. The second-order valence-electron chi connectivity index (χ2n) is 6.52. The summed E-state index contributed by atoms with van der Waals surface area (Å²) < 4.78 is 0.733. The predicted molar refractivity (Wildman–Crippen MR) is 99.4 cm³/mol. The number of rotatable bonds is 7. The largest absolute Gasteiger partial charge is 0.858 e. The minimum absolute atomic E-state index is 0.0352. The fourth-order valence-electron chi connectivity index (χ4n) is 3.13. The highest BCUT2D eigenvalue weighted by Gasteiger charge is 2.23. The van der Waals surface area contributed by atoms with Crippen molar-refractivity contribution in [3.63, 3.8) is 0 Å². The van der Waals surface area contributed by atoms with E-state index in [9.17, 15) is 5.11 Å². The van der Waals surface area contributed by atoms with Gasteiger partial charge in [0.05, 0.1) is 18.8 Å². The smallest absolute Gasteiger partial charge is 0.108 e. The molecule has 0 aromatic heterocycles. The molecule has 24 heavy (non-hydrogen) atoms. The molecule has 0 amide bonds. The normalized spacial score (nSPS) is 12.4. The number of hydrogen-bond donors (Lipinski definition) is 0. The first-order chi connectivity index (χ1) is 11.5. The molecular weight excluding hydrogens is 296 g/mol. The lowest BCUT2D eigenvalue weighted by Crippen LogP contribution is -2.52. The molecule has 0 N–H and O–H groups in total. The number of para-hydroxylation sites is 1. The lowest BCUT2D eigenvalue weighted by Gasteiger charge is -2.38. The van der Waals surface area contributed by atoms with Crippen molar-refractivity contribution in [1.82, 2.24) is 0 Å². The minimum atomic E-state index is -0.0352. The molecule has 0 unspecified atom stereocenters. The van der Waals surface area contributed by atoms with Gasteiger partial charge in [-0.3, -0.25) is 4.99 Å². The van der Waals surface area contributed by atoms with Crippen molar-refractivity contribution in [2.45, 2.75) is 34.2 Å². The number of aryl methyl sites for hydroxylation is 2. The van der Waals surface area contributed by atoms with Crippen LogP contribution in [0.1, 0.15) is 30.5 Å². The Bertz CT molecular complexity index is 668. The standard InChI is InChI=1S/C21H28N2O/c1-5-23(6-2,15-19-13-8-7-9-14-19)16-20(24)22-21-17(3)11-10-12-18(21)4/h7-14H,5-6,15-16H2,1-4H3. The second kappa shape index (κ2) is 8.11. The van der Waals surface area contributed by atoms with Gasteiger partial charge in [-0.25, -0.2) is 0 Å². The van der Waals surface area contributed by atoms with E-state index in [1.54, 1.807) is 0 Å². The fraction of sp³-hybridized carbons (Fsp3) is 0.381. The van der Waals surface area contributed by atoms with E-state index in [1.807, 2.05) is 38.1 Å². The van der Waals surface area contributed by atoms with Gasteiger partial charge in [0.1, 0.15) is 13.1 Å². The van der Waals surface area contributed by atoms with Crippen molar-refractivity contribution in [3.05, 3.63) is 65.2 Å². The van der Waals surface area contributed by atoms with Crippen LogP contribution >= 0.6 is 0 Å². The molecule has 0 saturated heterocycles. The van der Waals surface area contributed by atoms with E-state index in [1.165, 1.54) is 5.56 Å². The van der Waals surface area contributed by atoms with Gasteiger partial charge in [-0.2, -0.15) is 0 Å². The molecule has 0 fully saturated rings. The SMILES string of the molecule is CC[N+](CC)(C/C([O-])=N/c1c(C)cccc1C)Cc1ccccc1. The van der Waals surface area contributed by atoms with Crippen LogP contribution in [-0.4, -0.2) is 30.0 Å². The molecule has 3 nitrogen and oxygen atoms in total. The summed E-state index contributed by atoms with van der Waals surface area (Å²) in [6.07, 6.45) is 0. The van der Waals surface area contributed by atoms with Gasteiger partial charge in [-0.05, 0) is 38.8 Å². The van der Waals surface area contributed by atoms with Crippen molar-refractivity contribution in [2.24, 2.45) is 4.99 Å². The van der Waals surface area contributed by atoms with Gasteiger partial charge in [0.25, 0.3) is 0 Å². The number of nitrogens with zero attached hydrogens (tertiary/aromatic N) is 2. The highest BCUT2D eigenvalue weighted by molar-refractivity contribution is 5.77. The zero-order valence-electron chi connectivity index (χ0n) is 15.2. The maximum atomic E-state index is 12.7. The first-order valence-corrected chi connectivity index (χ1v) is 8.69. The number of likely N-dealkylation sites (N-methyl/N-ethyl adjacent to an activating group) is 1. The van der Waals surface area contributed by atoms with E-state index in [4.69, 9.17) is 0 Å². The van der Waals surface area contributed by atoms with Crippen LogP contribution in [0, 0.1) is 13.8 Å². The average Bonchev–Trinajstić information content (AvgIpc) is 2.58. The van der Waals surface area contributed by atoms with Crippen LogP contribution in [0.15, 0.2) is 53.5 Å². The Morgan fingerprint density at radius 1 is 0.917 bits per heavy atom. The van der Waals surface area contributed by atoms with Gasteiger partial charge in [-0.1, -0.05) is 48.5 Å². The van der Waals surface area contributed by atoms with E-state index in [2.05, 4.69) is 43.1 Å².